The van der Waals surface area contributed by atoms with Crippen molar-refractivity contribution in [2.75, 3.05) is 5.32 Å². The average Bonchev–Trinajstić information content (AvgIpc) is 2.41. The summed E-state index contributed by atoms with van der Waals surface area (Å²) >= 11 is 5.82. The van der Waals surface area contributed by atoms with Gasteiger partial charge in [0.2, 0.25) is 0 Å². The maximum absolute atomic E-state index is 11.3. The SMILES string of the molecule is NCc1ccc(CNc2nc[nH]c(=O)c2Cl)cc1. The molecule has 4 N–H and O–H groups in total. The molecule has 0 amide bonds. The molecule has 94 valence electrons. The second kappa shape index (κ2) is 5.66. The standard InChI is InChI=1S/C12H13ClN4O/c13-10-11(16-7-17-12(10)18)15-6-9-3-1-8(5-14)2-4-9/h1-4,7H,5-6,14H2,(H2,15,16,17,18). The topological polar surface area (TPSA) is 83.8 Å². The smallest absolute Gasteiger partial charge is 0.271 e. The zero-order valence-electron chi connectivity index (χ0n) is 9.61. The highest BCUT2D eigenvalue weighted by atomic mass is 35.5. The number of nitrogens with two attached hydrogens (primary N) is 1. The molecular weight excluding hydrogens is 252 g/mol. The van der Waals surface area contributed by atoms with Gasteiger partial charge in [-0.3, -0.25) is 4.79 Å². The van der Waals surface area contributed by atoms with Gasteiger partial charge in [0.05, 0.1) is 6.33 Å². The fourth-order valence-electron chi connectivity index (χ4n) is 1.49. The Morgan fingerprint density at radius 3 is 2.61 bits per heavy atom. The Morgan fingerprint density at radius 1 is 1.28 bits per heavy atom. The highest BCUT2D eigenvalue weighted by molar-refractivity contribution is 6.32. The third-order valence-corrected chi connectivity index (χ3v) is 2.87. The van der Waals surface area contributed by atoms with Crippen molar-refractivity contribution in [3.8, 4) is 0 Å². The summed E-state index contributed by atoms with van der Waals surface area (Å²) in [5.41, 5.74) is 7.30. The fourth-order valence-corrected chi connectivity index (χ4v) is 1.66. The van der Waals surface area contributed by atoms with E-state index in [4.69, 9.17) is 17.3 Å². The highest BCUT2D eigenvalue weighted by Gasteiger charge is 2.04. The lowest BCUT2D eigenvalue weighted by Crippen LogP contribution is -2.11. The summed E-state index contributed by atoms with van der Waals surface area (Å²) in [6.07, 6.45) is 1.31. The van der Waals surface area contributed by atoms with Gasteiger partial charge in [0.1, 0.15) is 5.02 Å². The van der Waals surface area contributed by atoms with Crippen molar-refractivity contribution in [3.63, 3.8) is 0 Å². The molecule has 0 fully saturated rings. The molecule has 1 aromatic heterocycles. The van der Waals surface area contributed by atoms with E-state index >= 15 is 0 Å². The van der Waals surface area contributed by atoms with Gasteiger partial charge in [-0.05, 0) is 11.1 Å². The first kappa shape index (κ1) is 12.6. The summed E-state index contributed by atoms with van der Waals surface area (Å²) < 4.78 is 0. The van der Waals surface area contributed by atoms with Crippen LogP contribution in [-0.2, 0) is 13.1 Å². The maximum Gasteiger partial charge on any atom is 0.271 e. The van der Waals surface area contributed by atoms with Crippen LogP contribution in [0.3, 0.4) is 0 Å². The minimum absolute atomic E-state index is 0.0658. The summed E-state index contributed by atoms with van der Waals surface area (Å²) in [6.45, 7) is 1.07. The van der Waals surface area contributed by atoms with Crippen LogP contribution < -0.4 is 16.6 Å². The molecule has 1 aromatic carbocycles. The van der Waals surface area contributed by atoms with E-state index in [1.807, 2.05) is 24.3 Å². The Balaban J connectivity index is 2.06. The normalized spacial score (nSPS) is 10.3. The second-order valence-electron chi connectivity index (χ2n) is 3.77. The lowest BCUT2D eigenvalue weighted by Gasteiger charge is -2.07. The van der Waals surface area contributed by atoms with Gasteiger partial charge in [0.25, 0.3) is 5.56 Å². The summed E-state index contributed by atoms with van der Waals surface area (Å²) in [7, 11) is 0. The number of H-pyrrole nitrogens is 1. The van der Waals surface area contributed by atoms with Gasteiger partial charge in [0, 0.05) is 13.1 Å². The number of hydrogen-bond acceptors (Lipinski definition) is 4. The maximum atomic E-state index is 11.3. The Kier molecular flexibility index (Phi) is 3.96. The molecule has 0 saturated heterocycles. The predicted octanol–water partition coefficient (Wildman–Crippen LogP) is 1.49. The predicted molar refractivity (Wildman–Crippen MR) is 71.5 cm³/mol. The van der Waals surface area contributed by atoms with Crippen LogP contribution in [0.2, 0.25) is 5.02 Å². The van der Waals surface area contributed by atoms with Crippen molar-refractivity contribution >= 4 is 17.4 Å². The first-order chi connectivity index (χ1) is 8.70. The molecule has 0 radical (unpaired) electrons. The van der Waals surface area contributed by atoms with E-state index in [0.717, 1.165) is 11.1 Å². The van der Waals surface area contributed by atoms with Gasteiger partial charge in [0.15, 0.2) is 5.82 Å². The number of aromatic nitrogens is 2. The second-order valence-corrected chi connectivity index (χ2v) is 4.15. The van der Waals surface area contributed by atoms with E-state index in [9.17, 15) is 4.79 Å². The van der Waals surface area contributed by atoms with Crippen molar-refractivity contribution in [3.05, 3.63) is 57.1 Å². The van der Waals surface area contributed by atoms with E-state index in [0.29, 0.717) is 18.9 Å². The zero-order valence-corrected chi connectivity index (χ0v) is 10.4. The third-order valence-electron chi connectivity index (χ3n) is 2.52. The summed E-state index contributed by atoms with van der Waals surface area (Å²) in [5.74, 6) is 0.378. The summed E-state index contributed by atoms with van der Waals surface area (Å²) in [5, 5.41) is 3.08. The molecule has 0 aliphatic rings. The largest absolute Gasteiger partial charge is 0.365 e. The monoisotopic (exact) mass is 264 g/mol. The van der Waals surface area contributed by atoms with E-state index in [2.05, 4.69) is 15.3 Å². The first-order valence-corrected chi connectivity index (χ1v) is 5.83. The van der Waals surface area contributed by atoms with Crippen LogP contribution in [-0.4, -0.2) is 9.97 Å². The Morgan fingerprint density at radius 2 is 1.94 bits per heavy atom. The molecule has 0 atom stereocenters. The lowest BCUT2D eigenvalue weighted by atomic mass is 10.1. The number of hydrogen-bond donors (Lipinski definition) is 3. The number of nitrogens with one attached hydrogen (secondary N) is 2. The molecule has 18 heavy (non-hydrogen) atoms. The molecule has 0 unspecified atom stereocenters. The zero-order chi connectivity index (χ0) is 13.0. The van der Waals surface area contributed by atoms with Crippen molar-refractivity contribution in [1.82, 2.24) is 9.97 Å². The fraction of sp³-hybridized carbons (Fsp3) is 0.167. The molecule has 2 rings (SSSR count). The molecule has 0 bridgehead atoms. The van der Waals surface area contributed by atoms with Gasteiger partial charge in [-0.25, -0.2) is 4.98 Å². The molecule has 2 aromatic rings. The number of nitrogens with zero attached hydrogens (tertiary/aromatic N) is 1. The van der Waals surface area contributed by atoms with Crippen molar-refractivity contribution in [2.45, 2.75) is 13.1 Å². The number of benzene rings is 1. The lowest BCUT2D eigenvalue weighted by molar-refractivity contribution is 1.04. The Labute approximate surface area is 109 Å². The van der Waals surface area contributed by atoms with Gasteiger partial charge >= 0.3 is 0 Å². The Bertz CT molecular complexity index is 579. The summed E-state index contributed by atoms with van der Waals surface area (Å²) in [6, 6.07) is 7.86. The molecule has 0 aliphatic heterocycles. The van der Waals surface area contributed by atoms with Crippen LogP contribution >= 0.6 is 11.6 Å². The number of anilines is 1. The molecule has 0 spiro atoms. The van der Waals surface area contributed by atoms with Crippen molar-refractivity contribution < 1.29 is 0 Å². The Hall–Kier alpha value is -1.85. The molecule has 0 saturated carbocycles. The summed E-state index contributed by atoms with van der Waals surface area (Å²) in [4.78, 5) is 17.6. The highest BCUT2D eigenvalue weighted by Crippen LogP contribution is 2.13. The van der Waals surface area contributed by atoms with Gasteiger partial charge < -0.3 is 16.0 Å². The van der Waals surface area contributed by atoms with E-state index in [-0.39, 0.29) is 10.6 Å². The molecule has 5 nitrogen and oxygen atoms in total. The third kappa shape index (κ3) is 2.88. The number of rotatable bonds is 4. The van der Waals surface area contributed by atoms with Crippen LogP contribution in [0.25, 0.3) is 0 Å². The quantitative estimate of drug-likeness (QED) is 0.781. The van der Waals surface area contributed by atoms with Crippen LogP contribution in [0.15, 0.2) is 35.4 Å². The van der Waals surface area contributed by atoms with Crippen LogP contribution in [0.1, 0.15) is 11.1 Å². The molecular formula is C12H13ClN4O. The van der Waals surface area contributed by atoms with Crippen LogP contribution in [0, 0.1) is 0 Å². The van der Waals surface area contributed by atoms with E-state index < -0.39 is 0 Å². The van der Waals surface area contributed by atoms with Gasteiger partial charge in [-0.1, -0.05) is 35.9 Å². The van der Waals surface area contributed by atoms with E-state index in [1.54, 1.807) is 0 Å². The number of halogens is 1. The van der Waals surface area contributed by atoms with Crippen molar-refractivity contribution in [1.29, 1.82) is 0 Å². The first-order valence-electron chi connectivity index (χ1n) is 5.45. The van der Waals surface area contributed by atoms with Crippen molar-refractivity contribution in [2.24, 2.45) is 5.73 Å². The van der Waals surface area contributed by atoms with Crippen LogP contribution in [0.4, 0.5) is 5.82 Å². The van der Waals surface area contributed by atoms with Crippen LogP contribution in [0.5, 0.6) is 0 Å². The van der Waals surface area contributed by atoms with Gasteiger partial charge in [-0.15, -0.1) is 0 Å². The average molecular weight is 265 g/mol. The minimum atomic E-state index is -0.354. The molecule has 0 aliphatic carbocycles. The van der Waals surface area contributed by atoms with Gasteiger partial charge in [-0.2, -0.15) is 0 Å². The minimum Gasteiger partial charge on any atom is -0.365 e. The number of aromatic amines is 1. The molecule has 1 heterocycles. The molecule has 6 heteroatoms. The van der Waals surface area contributed by atoms with E-state index in [1.165, 1.54) is 6.33 Å².